The average molecular weight is 425 g/mol. The largest absolute Gasteiger partial charge is 0.369 e. The highest BCUT2D eigenvalue weighted by molar-refractivity contribution is 5.28. The standard InChI is InChI=1S/C28H44N2O/c1-5-24-14-15-26-13-10-12-25(19-26)11-8-7-9-16-29-17-18-31-28(22-29)27(6-2)30(21-24)20-23(3)4/h5-8,14-15,23,25,28H,1,9-13,16-22H2,2-4H3/b8-7-,24-14+,26-15?,27-6?/t25-,28?/m1/s1. The fourth-order valence-corrected chi connectivity index (χ4v) is 5.20. The van der Waals surface area contributed by atoms with Crippen molar-refractivity contribution in [1.82, 2.24) is 9.80 Å². The Kier molecular flexibility index (Phi) is 9.67. The molecule has 0 amide bonds. The van der Waals surface area contributed by atoms with Crippen LogP contribution < -0.4 is 0 Å². The van der Waals surface area contributed by atoms with Gasteiger partial charge in [-0.3, -0.25) is 4.90 Å². The Hall–Kier alpha value is -1.58. The number of fused-ring (bicyclic) bond motifs is 4. The molecule has 2 heterocycles. The van der Waals surface area contributed by atoms with Gasteiger partial charge in [0.15, 0.2) is 0 Å². The van der Waals surface area contributed by atoms with E-state index < -0.39 is 0 Å². The Balaban J connectivity index is 1.88. The zero-order valence-corrected chi connectivity index (χ0v) is 20.2. The zero-order valence-electron chi connectivity index (χ0n) is 20.2. The molecule has 3 aliphatic rings. The van der Waals surface area contributed by atoms with E-state index in [0.29, 0.717) is 5.92 Å². The predicted octanol–water partition coefficient (Wildman–Crippen LogP) is 6.13. The minimum atomic E-state index is 0.154. The van der Waals surface area contributed by atoms with Crippen LogP contribution in [0.4, 0.5) is 0 Å². The quantitative estimate of drug-likeness (QED) is 0.507. The third kappa shape index (κ3) is 7.50. The van der Waals surface area contributed by atoms with Crippen LogP contribution in [0, 0.1) is 11.8 Å². The second-order valence-corrected chi connectivity index (χ2v) is 9.88. The number of hydrogen-bond donors (Lipinski definition) is 0. The first kappa shape index (κ1) is 24.1. The molecule has 3 atom stereocenters. The van der Waals surface area contributed by atoms with Gasteiger partial charge in [0.25, 0.3) is 0 Å². The van der Waals surface area contributed by atoms with Gasteiger partial charge in [-0.15, -0.1) is 0 Å². The van der Waals surface area contributed by atoms with Gasteiger partial charge in [-0.1, -0.05) is 62.5 Å². The molecule has 1 saturated carbocycles. The molecule has 2 fully saturated rings. The molecule has 2 unspecified atom stereocenters. The smallest absolute Gasteiger partial charge is 0.109 e. The number of morpholine rings is 1. The summed E-state index contributed by atoms with van der Waals surface area (Å²) >= 11 is 0. The van der Waals surface area contributed by atoms with Crippen molar-refractivity contribution in [3.8, 4) is 0 Å². The summed E-state index contributed by atoms with van der Waals surface area (Å²) in [6.07, 6.45) is 21.6. The van der Waals surface area contributed by atoms with Crippen LogP contribution in [-0.2, 0) is 4.74 Å². The van der Waals surface area contributed by atoms with E-state index in [2.05, 4.69) is 67.5 Å². The van der Waals surface area contributed by atoms with Crippen molar-refractivity contribution >= 4 is 0 Å². The van der Waals surface area contributed by atoms with Gasteiger partial charge in [-0.05, 0) is 62.9 Å². The van der Waals surface area contributed by atoms with Crippen molar-refractivity contribution < 1.29 is 4.74 Å². The van der Waals surface area contributed by atoms with E-state index in [1.807, 2.05) is 6.08 Å². The van der Waals surface area contributed by atoms with Gasteiger partial charge in [0.05, 0.1) is 6.61 Å². The molecular weight excluding hydrogens is 380 g/mol. The first-order chi connectivity index (χ1) is 15.1. The minimum Gasteiger partial charge on any atom is -0.369 e. The molecule has 0 aromatic rings. The lowest BCUT2D eigenvalue weighted by Crippen LogP contribution is -2.47. The van der Waals surface area contributed by atoms with Crippen molar-refractivity contribution in [3.05, 3.63) is 59.9 Å². The summed E-state index contributed by atoms with van der Waals surface area (Å²) in [5.41, 5.74) is 4.24. The Labute approximate surface area is 191 Å². The third-order valence-electron chi connectivity index (χ3n) is 6.80. The summed E-state index contributed by atoms with van der Waals surface area (Å²) in [6.45, 7) is 16.8. The number of nitrogens with zero attached hydrogens (tertiary/aromatic N) is 2. The van der Waals surface area contributed by atoms with Crippen LogP contribution in [0.2, 0.25) is 0 Å². The third-order valence-corrected chi connectivity index (χ3v) is 6.80. The van der Waals surface area contributed by atoms with Crippen LogP contribution >= 0.6 is 0 Å². The van der Waals surface area contributed by atoms with E-state index in [0.717, 1.165) is 51.7 Å². The monoisotopic (exact) mass is 424 g/mol. The predicted molar refractivity (Wildman–Crippen MR) is 133 cm³/mol. The summed E-state index contributed by atoms with van der Waals surface area (Å²) in [6, 6.07) is 0. The normalized spacial score (nSPS) is 32.7. The number of hydrogen-bond acceptors (Lipinski definition) is 3. The number of rotatable bonds is 3. The van der Waals surface area contributed by atoms with Crippen molar-refractivity contribution in [3.63, 3.8) is 0 Å². The van der Waals surface area contributed by atoms with Gasteiger partial charge in [-0.25, -0.2) is 0 Å². The Morgan fingerprint density at radius 3 is 2.87 bits per heavy atom. The van der Waals surface area contributed by atoms with Gasteiger partial charge >= 0.3 is 0 Å². The van der Waals surface area contributed by atoms with Crippen molar-refractivity contribution in [2.24, 2.45) is 11.8 Å². The molecule has 0 N–H and O–H groups in total. The highest BCUT2D eigenvalue weighted by Gasteiger charge is 2.27. The fourth-order valence-electron chi connectivity index (χ4n) is 5.20. The SMILES string of the molecule is C=C/C1=C\C=C2CCC[C@@H](C/C=C\CCN3CCOC(C3)C(=CC)N(CC(C)C)C1)C2. The summed E-state index contributed by atoms with van der Waals surface area (Å²) < 4.78 is 6.29. The fraction of sp³-hybridized carbons (Fsp3) is 0.643. The molecule has 3 rings (SSSR count). The van der Waals surface area contributed by atoms with E-state index in [1.165, 1.54) is 43.4 Å². The second-order valence-electron chi connectivity index (χ2n) is 9.88. The maximum absolute atomic E-state index is 6.29. The summed E-state index contributed by atoms with van der Waals surface area (Å²) in [7, 11) is 0. The molecule has 31 heavy (non-hydrogen) atoms. The van der Waals surface area contributed by atoms with Crippen LogP contribution in [0.15, 0.2) is 59.9 Å². The summed E-state index contributed by atoms with van der Waals surface area (Å²) in [5.74, 6) is 1.41. The zero-order chi connectivity index (χ0) is 22.1. The molecule has 1 saturated heterocycles. The van der Waals surface area contributed by atoms with Crippen LogP contribution in [-0.4, -0.2) is 55.2 Å². The molecule has 0 aromatic carbocycles. The molecule has 0 radical (unpaired) electrons. The summed E-state index contributed by atoms with van der Waals surface area (Å²) in [4.78, 5) is 5.12. The highest BCUT2D eigenvalue weighted by atomic mass is 16.5. The average Bonchev–Trinajstić information content (AvgIpc) is 2.76. The van der Waals surface area contributed by atoms with Gasteiger partial charge in [0, 0.05) is 38.4 Å². The maximum atomic E-state index is 6.29. The lowest BCUT2D eigenvalue weighted by molar-refractivity contribution is -0.0215. The van der Waals surface area contributed by atoms with Gasteiger partial charge in [0.2, 0.25) is 0 Å². The molecule has 3 heteroatoms. The van der Waals surface area contributed by atoms with E-state index in [1.54, 1.807) is 5.57 Å². The van der Waals surface area contributed by atoms with Crippen molar-refractivity contribution in [2.45, 2.75) is 65.4 Å². The van der Waals surface area contributed by atoms with Gasteiger partial charge < -0.3 is 9.64 Å². The van der Waals surface area contributed by atoms with Gasteiger partial charge in [0.1, 0.15) is 6.10 Å². The van der Waals surface area contributed by atoms with Crippen LogP contribution in [0.5, 0.6) is 0 Å². The van der Waals surface area contributed by atoms with Crippen molar-refractivity contribution in [1.29, 1.82) is 0 Å². The molecule has 3 nitrogen and oxygen atoms in total. The molecule has 172 valence electrons. The number of ether oxygens (including phenoxy) is 1. The summed E-state index contributed by atoms with van der Waals surface area (Å²) in [5, 5.41) is 0. The lowest BCUT2D eigenvalue weighted by atomic mass is 9.83. The van der Waals surface area contributed by atoms with E-state index in [9.17, 15) is 0 Å². The molecular formula is C28H44N2O. The molecule has 2 aliphatic heterocycles. The van der Waals surface area contributed by atoms with Gasteiger partial charge in [-0.2, -0.15) is 0 Å². The number of allylic oxidation sites excluding steroid dienone is 5. The Morgan fingerprint density at radius 1 is 1.23 bits per heavy atom. The van der Waals surface area contributed by atoms with E-state index >= 15 is 0 Å². The van der Waals surface area contributed by atoms with E-state index in [4.69, 9.17) is 4.74 Å². The Morgan fingerprint density at radius 2 is 2.10 bits per heavy atom. The van der Waals surface area contributed by atoms with Crippen LogP contribution in [0.25, 0.3) is 0 Å². The first-order valence-corrected chi connectivity index (χ1v) is 12.5. The van der Waals surface area contributed by atoms with Crippen LogP contribution in [0.1, 0.15) is 59.3 Å². The second kappa shape index (κ2) is 12.5. The minimum absolute atomic E-state index is 0.154. The highest BCUT2D eigenvalue weighted by Crippen LogP contribution is 2.31. The Bertz CT molecular complexity index is 700. The lowest BCUT2D eigenvalue weighted by Gasteiger charge is -2.39. The molecule has 4 bridgehead atoms. The van der Waals surface area contributed by atoms with Crippen LogP contribution in [0.3, 0.4) is 0 Å². The first-order valence-electron chi connectivity index (χ1n) is 12.5. The molecule has 0 spiro atoms. The van der Waals surface area contributed by atoms with Crippen molar-refractivity contribution in [2.75, 3.05) is 39.3 Å². The van der Waals surface area contributed by atoms with E-state index in [-0.39, 0.29) is 6.10 Å². The maximum Gasteiger partial charge on any atom is 0.109 e. The molecule has 1 aliphatic carbocycles. The molecule has 0 aromatic heterocycles. The topological polar surface area (TPSA) is 15.7 Å².